The molecule has 3 aromatic rings. The molecular weight excluding hydrogens is 372 g/mol. The number of ether oxygens (including phenoxy) is 1. The Morgan fingerprint density at radius 3 is 2.59 bits per heavy atom. The van der Waals surface area contributed by atoms with Gasteiger partial charge >= 0.3 is 5.97 Å². The summed E-state index contributed by atoms with van der Waals surface area (Å²) in [6.07, 6.45) is 3.09. The molecule has 2 aromatic carbocycles. The zero-order chi connectivity index (χ0) is 18.8. The summed E-state index contributed by atoms with van der Waals surface area (Å²) in [5, 5.41) is 3.03. The molecule has 0 radical (unpaired) electrons. The third-order valence-corrected chi connectivity index (χ3v) is 8.00. The van der Waals surface area contributed by atoms with Crippen LogP contribution in [0, 0.1) is 5.92 Å². The lowest BCUT2D eigenvalue weighted by molar-refractivity contribution is -0.150. The molecule has 1 aliphatic rings. The molecule has 2 nitrogen and oxygen atoms in total. The number of thiophene rings is 1. The highest BCUT2D eigenvalue weighted by Gasteiger charge is 2.38. The highest BCUT2D eigenvalue weighted by Crippen LogP contribution is 2.46. The summed E-state index contributed by atoms with van der Waals surface area (Å²) in [5.41, 5.74) is 2.70. The largest absolute Gasteiger partial charge is 0.466 e. The van der Waals surface area contributed by atoms with Gasteiger partial charge in [0.15, 0.2) is 0 Å². The first kappa shape index (κ1) is 18.6. The Morgan fingerprint density at radius 2 is 1.89 bits per heavy atom. The lowest BCUT2D eigenvalue weighted by atomic mass is 9.85. The molecule has 1 fully saturated rings. The quantitative estimate of drug-likeness (QED) is 0.441. The van der Waals surface area contributed by atoms with Gasteiger partial charge in [-0.1, -0.05) is 43.3 Å². The average molecular weight is 397 g/mol. The molecule has 4 rings (SSSR count). The van der Waals surface area contributed by atoms with Crippen molar-refractivity contribution in [1.82, 2.24) is 0 Å². The normalized spacial score (nSPS) is 19.0. The van der Waals surface area contributed by atoms with Crippen LogP contribution >= 0.6 is 23.1 Å². The van der Waals surface area contributed by atoms with Crippen molar-refractivity contribution in [3.8, 4) is 10.4 Å². The molecule has 4 heteroatoms. The van der Waals surface area contributed by atoms with E-state index in [2.05, 4.69) is 55.5 Å². The molecular formula is C23H24O2S2. The molecule has 140 valence electrons. The van der Waals surface area contributed by atoms with Crippen molar-refractivity contribution in [3.05, 3.63) is 54.1 Å². The number of esters is 1. The van der Waals surface area contributed by atoms with Crippen LogP contribution in [0.15, 0.2) is 52.7 Å². The van der Waals surface area contributed by atoms with E-state index in [1.54, 1.807) is 0 Å². The number of carbonyl (C=O) groups excluding carboxylic acids is 1. The molecule has 0 saturated heterocycles. The number of hydrogen-bond donors (Lipinski definition) is 0. The molecule has 1 aromatic heterocycles. The summed E-state index contributed by atoms with van der Waals surface area (Å²) in [5.74, 6) is 0.0318. The van der Waals surface area contributed by atoms with Crippen molar-refractivity contribution < 1.29 is 9.53 Å². The molecule has 1 aliphatic carbocycles. The first-order valence-electron chi connectivity index (χ1n) is 9.65. The Bertz CT molecular complexity index is 960. The number of benzene rings is 2. The van der Waals surface area contributed by atoms with Gasteiger partial charge in [-0.05, 0) is 60.2 Å². The van der Waals surface area contributed by atoms with E-state index in [1.165, 1.54) is 31.0 Å². The topological polar surface area (TPSA) is 26.3 Å². The van der Waals surface area contributed by atoms with E-state index in [9.17, 15) is 4.79 Å². The summed E-state index contributed by atoms with van der Waals surface area (Å²) in [6, 6.07) is 17.6. The summed E-state index contributed by atoms with van der Waals surface area (Å²) in [7, 11) is 0. The van der Waals surface area contributed by atoms with Crippen LogP contribution in [0.5, 0.6) is 0 Å². The summed E-state index contributed by atoms with van der Waals surface area (Å²) >= 11 is 3.67. The second-order valence-electron chi connectivity index (χ2n) is 6.88. The lowest BCUT2D eigenvalue weighted by Gasteiger charge is -2.33. The molecule has 0 bridgehead atoms. The van der Waals surface area contributed by atoms with Gasteiger partial charge in [0, 0.05) is 10.1 Å². The van der Waals surface area contributed by atoms with E-state index in [4.69, 9.17) is 4.74 Å². The Labute approximate surface area is 168 Å². The Balaban J connectivity index is 1.57. The minimum Gasteiger partial charge on any atom is -0.466 e. The molecule has 2 unspecified atom stereocenters. The van der Waals surface area contributed by atoms with E-state index >= 15 is 0 Å². The second kappa shape index (κ2) is 8.07. The van der Waals surface area contributed by atoms with Gasteiger partial charge in [0.25, 0.3) is 0 Å². The Kier molecular flexibility index (Phi) is 5.55. The smallest absolute Gasteiger partial charge is 0.310 e. The van der Waals surface area contributed by atoms with Crippen LogP contribution in [0.2, 0.25) is 0 Å². The maximum absolute atomic E-state index is 12.0. The Hall–Kier alpha value is -1.78. The van der Waals surface area contributed by atoms with Crippen LogP contribution in [-0.4, -0.2) is 17.8 Å². The van der Waals surface area contributed by atoms with Crippen molar-refractivity contribution in [3.63, 3.8) is 0 Å². The van der Waals surface area contributed by atoms with Crippen LogP contribution in [0.4, 0.5) is 0 Å². The average Bonchev–Trinajstić information content (AvgIpc) is 3.13. The molecule has 0 aliphatic heterocycles. The number of hydrogen-bond acceptors (Lipinski definition) is 4. The first-order valence-corrected chi connectivity index (χ1v) is 11.3. The standard InChI is InChI=1S/C23H24O2S2/c1-3-15-9-10-18(17-8-6-5-7-16(15)17)20-13-14-22(26-20)27-21-12-11-19(21)23(24)25-4-2/h5-10,13-14,19,21H,3-4,11-12H2,1-2H3. The van der Waals surface area contributed by atoms with Gasteiger partial charge in [-0.2, -0.15) is 0 Å². The first-order chi connectivity index (χ1) is 13.2. The fourth-order valence-corrected chi connectivity index (χ4v) is 6.41. The highest BCUT2D eigenvalue weighted by molar-refractivity contribution is 8.01. The fraction of sp³-hybridized carbons (Fsp3) is 0.348. The van der Waals surface area contributed by atoms with Crippen LogP contribution in [0.25, 0.3) is 21.2 Å². The lowest BCUT2D eigenvalue weighted by Crippen LogP contribution is -2.36. The number of carbonyl (C=O) groups is 1. The van der Waals surface area contributed by atoms with E-state index in [-0.39, 0.29) is 11.9 Å². The predicted molar refractivity (Wildman–Crippen MR) is 116 cm³/mol. The number of aryl methyl sites for hydroxylation is 1. The molecule has 1 heterocycles. The molecule has 0 spiro atoms. The molecule has 0 amide bonds. The highest BCUT2D eigenvalue weighted by atomic mass is 32.2. The third kappa shape index (κ3) is 3.65. The molecule has 2 atom stereocenters. The molecule has 27 heavy (non-hydrogen) atoms. The van der Waals surface area contributed by atoms with Crippen LogP contribution in [0.3, 0.4) is 0 Å². The van der Waals surface area contributed by atoms with Crippen molar-refractivity contribution in [2.24, 2.45) is 5.92 Å². The van der Waals surface area contributed by atoms with E-state index in [0.29, 0.717) is 11.9 Å². The second-order valence-corrected chi connectivity index (χ2v) is 9.51. The van der Waals surface area contributed by atoms with Gasteiger partial charge in [-0.25, -0.2) is 0 Å². The summed E-state index contributed by atoms with van der Waals surface area (Å²) in [6.45, 7) is 4.55. The number of thioether (sulfide) groups is 1. The van der Waals surface area contributed by atoms with Crippen molar-refractivity contribution in [1.29, 1.82) is 0 Å². The molecule has 1 saturated carbocycles. The maximum Gasteiger partial charge on any atom is 0.310 e. The van der Waals surface area contributed by atoms with E-state index in [1.807, 2.05) is 30.0 Å². The Morgan fingerprint density at radius 1 is 1.07 bits per heavy atom. The molecule has 0 N–H and O–H groups in total. The zero-order valence-electron chi connectivity index (χ0n) is 15.7. The van der Waals surface area contributed by atoms with Gasteiger partial charge in [0.1, 0.15) is 0 Å². The minimum absolute atomic E-state index is 0.0285. The van der Waals surface area contributed by atoms with E-state index < -0.39 is 0 Å². The monoisotopic (exact) mass is 396 g/mol. The number of rotatable bonds is 6. The van der Waals surface area contributed by atoms with Gasteiger partial charge < -0.3 is 4.74 Å². The van der Waals surface area contributed by atoms with Crippen LogP contribution < -0.4 is 0 Å². The van der Waals surface area contributed by atoms with Crippen molar-refractivity contribution >= 4 is 39.8 Å². The van der Waals surface area contributed by atoms with Crippen LogP contribution in [-0.2, 0) is 16.0 Å². The summed E-state index contributed by atoms with van der Waals surface area (Å²) in [4.78, 5) is 13.3. The SMILES string of the molecule is CCOC(=O)C1CCC1Sc1ccc(-c2ccc(CC)c3ccccc23)s1. The minimum atomic E-state index is -0.0285. The van der Waals surface area contributed by atoms with Crippen molar-refractivity contribution in [2.45, 2.75) is 42.6 Å². The third-order valence-electron chi connectivity index (χ3n) is 5.31. The maximum atomic E-state index is 12.0. The van der Waals surface area contributed by atoms with Gasteiger partial charge in [-0.15, -0.1) is 23.1 Å². The van der Waals surface area contributed by atoms with Gasteiger partial charge in [0.2, 0.25) is 0 Å². The van der Waals surface area contributed by atoms with Gasteiger partial charge in [0.05, 0.1) is 16.7 Å². The summed E-state index contributed by atoms with van der Waals surface area (Å²) < 4.78 is 6.49. The fourth-order valence-electron chi connectivity index (χ4n) is 3.69. The van der Waals surface area contributed by atoms with Crippen molar-refractivity contribution in [2.75, 3.05) is 6.61 Å². The zero-order valence-corrected chi connectivity index (χ0v) is 17.4. The predicted octanol–water partition coefficient (Wildman–Crippen LogP) is 6.56. The van der Waals surface area contributed by atoms with Crippen LogP contribution in [0.1, 0.15) is 32.3 Å². The van der Waals surface area contributed by atoms with Gasteiger partial charge in [-0.3, -0.25) is 4.79 Å². The van der Waals surface area contributed by atoms with E-state index in [0.717, 1.165) is 19.3 Å². The number of fused-ring (bicyclic) bond motifs is 1.